The van der Waals surface area contributed by atoms with Crippen LogP contribution in [0.15, 0.2) is 11.4 Å². The molecule has 1 aliphatic carbocycles. The van der Waals surface area contributed by atoms with Crippen molar-refractivity contribution in [2.45, 2.75) is 64.3 Å². The van der Waals surface area contributed by atoms with Crippen molar-refractivity contribution in [2.75, 3.05) is 6.61 Å². The van der Waals surface area contributed by atoms with Gasteiger partial charge in [-0.2, -0.15) is 0 Å². The molecule has 1 fully saturated rings. The molecule has 21 heavy (non-hydrogen) atoms. The van der Waals surface area contributed by atoms with Crippen LogP contribution in [0.2, 0.25) is 0 Å². The van der Waals surface area contributed by atoms with Crippen molar-refractivity contribution in [3.05, 3.63) is 21.9 Å². The van der Waals surface area contributed by atoms with Crippen molar-refractivity contribution >= 4 is 17.2 Å². The summed E-state index contributed by atoms with van der Waals surface area (Å²) in [6.07, 6.45) is 8.10. The average Bonchev–Trinajstić information content (AvgIpc) is 2.74. The molecule has 2 rings (SSSR count). The highest BCUT2D eigenvalue weighted by Gasteiger charge is 2.24. The highest BCUT2D eigenvalue weighted by atomic mass is 32.1. The van der Waals surface area contributed by atoms with Crippen LogP contribution in [0.5, 0.6) is 0 Å². The zero-order valence-corrected chi connectivity index (χ0v) is 13.8. The van der Waals surface area contributed by atoms with Gasteiger partial charge in [-0.05, 0) is 49.6 Å². The second kappa shape index (κ2) is 8.54. The van der Waals surface area contributed by atoms with E-state index in [1.807, 2.05) is 0 Å². The minimum absolute atomic E-state index is 0.148. The van der Waals surface area contributed by atoms with Gasteiger partial charge >= 0.3 is 0 Å². The van der Waals surface area contributed by atoms with E-state index in [1.165, 1.54) is 23.3 Å². The standard InChI is InChI=1S/C17H27NO2S/c1-13-10-11-21-16(13)8-5-9-17(20)18-15-7-4-2-3-6-14(15)12-19/h10-11,14-15,19H,2-9,12H2,1H3,(H,18,20). The van der Waals surface area contributed by atoms with E-state index in [0.717, 1.165) is 32.1 Å². The largest absolute Gasteiger partial charge is 0.396 e. The number of hydrogen-bond donors (Lipinski definition) is 2. The summed E-state index contributed by atoms with van der Waals surface area (Å²) in [5.41, 5.74) is 1.34. The Balaban J connectivity index is 1.74. The predicted octanol–water partition coefficient (Wildman–Crippen LogP) is 3.44. The van der Waals surface area contributed by atoms with E-state index in [4.69, 9.17) is 0 Å². The van der Waals surface area contributed by atoms with Crippen LogP contribution in [-0.4, -0.2) is 23.7 Å². The van der Waals surface area contributed by atoms with Crippen molar-refractivity contribution in [1.29, 1.82) is 0 Å². The van der Waals surface area contributed by atoms with E-state index >= 15 is 0 Å². The molecule has 0 radical (unpaired) electrons. The Morgan fingerprint density at radius 3 is 2.90 bits per heavy atom. The average molecular weight is 309 g/mol. The fraction of sp³-hybridized carbons (Fsp3) is 0.706. The Kier molecular flexibility index (Phi) is 6.71. The third-order valence-electron chi connectivity index (χ3n) is 4.52. The first-order chi connectivity index (χ1) is 10.2. The summed E-state index contributed by atoms with van der Waals surface area (Å²) in [4.78, 5) is 13.5. The van der Waals surface area contributed by atoms with Crippen LogP contribution in [0, 0.1) is 12.8 Å². The lowest BCUT2D eigenvalue weighted by Crippen LogP contribution is -2.41. The van der Waals surface area contributed by atoms with Crippen LogP contribution in [0.3, 0.4) is 0 Å². The molecular weight excluding hydrogens is 282 g/mol. The summed E-state index contributed by atoms with van der Waals surface area (Å²) in [6.45, 7) is 2.32. The second-order valence-electron chi connectivity index (χ2n) is 6.14. The van der Waals surface area contributed by atoms with Crippen LogP contribution in [-0.2, 0) is 11.2 Å². The molecular formula is C17H27NO2S. The number of rotatable bonds is 6. The van der Waals surface area contributed by atoms with Gasteiger partial charge in [0.05, 0.1) is 0 Å². The Morgan fingerprint density at radius 2 is 2.19 bits per heavy atom. The first kappa shape index (κ1) is 16.5. The van der Waals surface area contributed by atoms with Gasteiger partial charge in [0.25, 0.3) is 0 Å². The Labute approximate surface area is 131 Å². The van der Waals surface area contributed by atoms with Crippen molar-refractivity contribution in [3.63, 3.8) is 0 Å². The second-order valence-corrected chi connectivity index (χ2v) is 7.14. The number of amides is 1. The first-order valence-electron chi connectivity index (χ1n) is 8.14. The van der Waals surface area contributed by atoms with Gasteiger partial charge in [0.15, 0.2) is 0 Å². The fourth-order valence-electron chi connectivity index (χ4n) is 3.14. The summed E-state index contributed by atoms with van der Waals surface area (Å²) in [7, 11) is 0. The third-order valence-corrected chi connectivity index (χ3v) is 5.60. The number of hydrogen-bond acceptors (Lipinski definition) is 3. The lowest BCUT2D eigenvalue weighted by atomic mass is 9.95. The minimum Gasteiger partial charge on any atom is -0.396 e. The smallest absolute Gasteiger partial charge is 0.220 e. The summed E-state index contributed by atoms with van der Waals surface area (Å²) < 4.78 is 0. The number of thiophene rings is 1. The number of aryl methyl sites for hydroxylation is 2. The van der Waals surface area contributed by atoms with Crippen molar-refractivity contribution < 1.29 is 9.90 Å². The molecule has 0 bridgehead atoms. The van der Waals surface area contributed by atoms with E-state index in [-0.39, 0.29) is 24.5 Å². The molecule has 0 aliphatic heterocycles. The van der Waals surface area contributed by atoms with E-state index in [9.17, 15) is 9.90 Å². The highest BCUT2D eigenvalue weighted by molar-refractivity contribution is 7.10. The molecule has 1 aromatic heterocycles. The minimum atomic E-state index is 0.148. The molecule has 2 N–H and O–H groups in total. The van der Waals surface area contributed by atoms with Crippen molar-refractivity contribution in [1.82, 2.24) is 5.32 Å². The van der Waals surface area contributed by atoms with Crippen molar-refractivity contribution in [2.24, 2.45) is 5.92 Å². The van der Waals surface area contributed by atoms with E-state index in [2.05, 4.69) is 23.7 Å². The maximum atomic E-state index is 12.1. The van der Waals surface area contributed by atoms with Gasteiger partial charge in [0.1, 0.15) is 0 Å². The molecule has 1 aliphatic rings. The van der Waals surface area contributed by atoms with Gasteiger partial charge in [0.2, 0.25) is 5.91 Å². The van der Waals surface area contributed by atoms with E-state index < -0.39 is 0 Å². The molecule has 2 unspecified atom stereocenters. The third kappa shape index (κ3) is 5.11. The number of carbonyl (C=O) groups excluding carboxylic acids is 1. The molecule has 1 aromatic rings. The Bertz CT molecular complexity index is 444. The first-order valence-corrected chi connectivity index (χ1v) is 9.02. The lowest BCUT2D eigenvalue weighted by molar-refractivity contribution is -0.122. The van der Waals surface area contributed by atoms with Crippen LogP contribution < -0.4 is 5.32 Å². The summed E-state index contributed by atoms with van der Waals surface area (Å²) in [5.74, 6) is 0.394. The maximum Gasteiger partial charge on any atom is 0.220 e. The van der Waals surface area contributed by atoms with Gasteiger partial charge in [0, 0.05) is 29.9 Å². The Morgan fingerprint density at radius 1 is 1.38 bits per heavy atom. The summed E-state index contributed by atoms with van der Waals surface area (Å²) in [5, 5.41) is 14.8. The quantitative estimate of drug-likeness (QED) is 0.791. The molecule has 1 amide bonds. The van der Waals surface area contributed by atoms with E-state index in [0.29, 0.717) is 6.42 Å². The molecule has 3 nitrogen and oxygen atoms in total. The van der Waals surface area contributed by atoms with E-state index in [1.54, 1.807) is 11.3 Å². The van der Waals surface area contributed by atoms with Crippen LogP contribution in [0.25, 0.3) is 0 Å². The monoisotopic (exact) mass is 309 g/mol. The Hall–Kier alpha value is -0.870. The van der Waals surface area contributed by atoms with Gasteiger partial charge in [-0.15, -0.1) is 11.3 Å². The van der Waals surface area contributed by atoms with Gasteiger partial charge in [-0.1, -0.05) is 19.3 Å². The zero-order chi connectivity index (χ0) is 15.1. The topological polar surface area (TPSA) is 49.3 Å². The molecule has 4 heteroatoms. The van der Waals surface area contributed by atoms with Crippen LogP contribution in [0.4, 0.5) is 0 Å². The number of aliphatic hydroxyl groups excluding tert-OH is 1. The summed E-state index contributed by atoms with van der Waals surface area (Å²) in [6, 6.07) is 2.31. The number of carbonyl (C=O) groups is 1. The molecule has 0 spiro atoms. The summed E-state index contributed by atoms with van der Waals surface area (Å²) >= 11 is 1.78. The molecule has 118 valence electrons. The number of nitrogens with one attached hydrogen (secondary N) is 1. The zero-order valence-electron chi connectivity index (χ0n) is 12.9. The maximum absolute atomic E-state index is 12.1. The van der Waals surface area contributed by atoms with Gasteiger partial charge in [-0.3, -0.25) is 4.79 Å². The fourth-order valence-corrected chi connectivity index (χ4v) is 4.09. The van der Waals surface area contributed by atoms with Gasteiger partial charge in [-0.25, -0.2) is 0 Å². The van der Waals surface area contributed by atoms with Crippen LogP contribution in [0.1, 0.15) is 55.4 Å². The lowest BCUT2D eigenvalue weighted by Gasteiger charge is -2.24. The molecule has 1 heterocycles. The predicted molar refractivity (Wildman–Crippen MR) is 87.6 cm³/mol. The normalized spacial score (nSPS) is 22.8. The molecule has 0 saturated heterocycles. The van der Waals surface area contributed by atoms with Crippen LogP contribution >= 0.6 is 11.3 Å². The SMILES string of the molecule is Cc1ccsc1CCCC(=O)NC1CCCCCC1CO. The van der Waals surface area contributed by atoms with Gasteiger partial charge < -0.3 is 10.4 Å². The molecule has 2 atom stereocenters. The molecule has 0 aromatic carbocycles. The molecule has 1 saturated carbocycles. The van der Waals surface area contributed by atoms with Crippen molar-refractivity contribution in [3.8, 4) is 0 Å². The number of aliphatic hydroxyl groups is 1. The highest BCUT2D eigenvalue weighted by Crippen LogP contribution is 2.23.